The Morgan fingerprint density at radius 2 is 1.69 bits per heavy atom. The molecule has 7 heteroatoms. The zero-order valence-electron chi connectivity index (χ0n) is 14.6. The zero-order valence-corrected chi connectivity index (χ0v) is 14.6. The lowest BCUT2D eigenvalue weighted by molar-refractivity contribution is -0.138. The molecule has 1 atom stereocenters. The maximum absolute atomic E-state index is 13.0. The lowest BCUT2D eigenvalue weighted by atomic mass is 10.1. The molecule has 1 aromatic heterocycles. The van der Waals surface area contributed by atoms with Gasteiger partial charge in [0.15, 0.2) is 0 Å². The smallest absolute Gasteiger partial charge is 0.416 e. The normalized spacial score (nSPS) is 12.8. The van der Waals surface area contributed by atoms with E-state index in [1.807, 2.05) is 31.2 Å². The first-order valence-corrected chi connectivity index (χ1v) is 8.09. The first-order valence-electron chi connectivity index (χ1n) is 8.09. The molecule has 0 amide bonds. The summed E-state index contributed by atoms with van der Waals surface area (Å²) in [4.78, 5) is 0. The van der Waals surface area contributed by atoms with Crippen LogP contribution in [0.1, 0.15) is 35.5 Å². The van der Waals surface area contributed by atoms with Gasteiger partial charge < -0.3 is 9.73 Å². The van der Waals surface area contributed by atoms with Crippen LogP contribution >= 0.6 is 0 Å². The van der Waals surface area contributed by atoms with Crippen LogP contribution in [0.4, 0.5) is 18.9 Å². The molecule has 0 aliphatic carbocycles. The third kappa shape index (κ3) is 3.87. The topological polar surface area (TPSA) is 51.0 Å². The molecule has 0 aliphatic heterocycles. The van der Waals surface area contributed by atoms with Crippen LogP contribution in [0.3, 0.4) is 0 Å². The summed E-state index contributed by atoms with van der Waals surface area (Å²) in [5.74, 6) is 0.670. The Balaban J connectivity index is 1.79. The highest BCUT2D eigenvalue weighted by Gasteiger charge is 2.32. The maximum atomic E-state index is 13.0. The van der Waals surface area contributed by atoms with Gasteiger partial charge in [-0.05, 0) is 50.6 Å². The summed E-state index contributed by atoms with van der Waals surface area (Å²) in [7, 11) is 0. The molecule has 0 saturated carbocycles. The molecule has 1 N–H and O–H groups in total. The molecule has 3 rings (SSSR count). The summed E-state index contributed by atoms with van der Waals surface area (Å²) < 4.78 is 44.8. The summed E-state index contributed by atoms with van der Waals surface area (Å²) in [5, 5.41) is 11.0. The monoisotopic (exact) mass is 361 g/mol. The van der Waals surface area contributed by atoms with E-state index >= 15 is 0 Å². The molecule has 136 valence electrons. The largest absolute Gasteiger partial charge is 0.418 e. The Bertz CT molecular complexity index is 901. The van der Waals surface area contributed by atoms with E-state index in [1.165, 1.54) is 13.0 Å². The lowest BCUT2D eigenvalue weighted by Crippen LogP contribution is -2.11. The molecule has 3 aromatic rings. The van der Waals surface area contributed by atoms with E-state index < -0.39 is 17.8 Å². The summed E-state index contributed by atoms with van der Waals surface area (Å²) in [5.41, 5.74) is 1.75. The van der Waals surface area contributed by atoms with Gasteiger partial charge in [0.1, 0.15) is 6.04 Å². The molecular formula is C19H18F3N3O. The van der Waals surface area contributed by atoms with Gasteiger partial charge >= 0.3 is 6.18 Å². The fourth-order valence-corrected chi connectivity index (χ4v) is 2.55. The predicted molar refractivity (Wildman–Crippen MR) is 92.7 cm³/mol. The van der Waals surface area contributed by atoms with Crippen LogP contribution in [0.2, 0.25) is 0 Å². The highest BCUT2D eigenvalue weighted by atomic mass is 19.4. The number of halogens is 3. The third-order valence-electron chi connectivity index (χ3n) is 4.04. The molecule has 0 unspecified atom stereocenters. The molecule has 0 bridgehead atoms. The average molecular weight is 361 g/mol. The van der Waals surface area contributed by atoms with Crippen molar-refractivity contribution in [2.24, 2.45) is 0 Å². The number of aryl methyl sites for hydroxylation is 2. The highest BCUT2D eigenvalue weighted by molar-refractivity contribution is 5.53. The van der Waals surface area contributed by atoms with Crippen molar-refractivity contribution in [2.75, 3.05) is 5.32 Å². The van der Waals surface area contributed by atoms with Gasteiger partial charge in [0, 0.05) is 11.3 Å². The van der Waals surface area contributed by atoms with Gasteiger partial charge in [-0.15, -0.1) is 10.2 Å². The van der Waals surface area contributed by atoms with Crippen molar-refractivity contribution in [2.45, 2.75) is 33.0 Å². The van der Waals surface area contributed by atoms with Crippen molar-refractivity contribution in [3.8, 4) is 11.5 Å². The van der Waals surface area contributed by atoms with E-state index in [0.717, 1.165) is 17.2 Å². The van der Waals surface area contributed by atoms with E-state index in [4.69, 9.17) is 4.42 Å². The van der Waals surface area contributed by atoms with E-state index in [-0.39, 0.29) is 5.56 Å². The number of anilines is 1. The summed E-state index contributed by atoms with van der Waals surface area (Å²) in [6.45, 7) is 5.16. The van der Waals surface area contributed by atoms with Gasteiger partial charge in [-0.25, -0.2) is 0 Å². The van der Waals surface area contributed by atoms with Crippen molar-refractivity contribution in [3.63, 3.8) is 0 Å². The fourth-order valence-electron chi connectivity index (χ4n) is 2.55. The molecule has 1 heterocycles. The number of alkyl halides is 3. The number of benzene rings is 2. The Labute approximate surface area is 149 Å². The molecule has 4 nitrogen and oxygen atoms in total. The van der Waals surface area contributed by atoms with E-state index in [2.05, 4.69) is 15.5 Å². The Kier molecular flexibility index (Phi) is 4.71. The molecule has 0 radical (unpaired) electrons. The molecule has 0 fully saturated rings. The average Bonchev–Trinajstić information content (AvgIpc) is 3.06. The van der Waals surface area contributed by atoms with E-state index in [1.54, 1.807) is 13.0 Å². The summed E-state index contributed by atoms with van der Waals surface area (Å²) in [6.07, 6.45) is -4.39. The number of nitrogens with zero attached hydrogens (tertiary/aromatic N) is 2. The molecule has 2 aromatic carbocycles. The molecular weight excluding hydrogens is 343 g/mol. The van der Waals surface area contributed by atoms with Gasteiger partial charge in [-0.1, -0.05) is 23.8 Å². The van der Waals surface area contributed by atoms with Gasteiger partial charge in [0.2, 0.25) is 11.8 Å². The van der Waals surface area contributed by atoms with Crippen molar-refractivity contribution < 1.29 is 17.6 Å². The van der Waals surface area contributed by atoms with Crippen molar-refractivity contribution in [3.05, 3.63) is 65.0 Å². The van der Waals surface area contributed by atoms with Crippen LogP contribution in [0, 0.1) is 13.8 Å². The van der Waals surface area contributed by atoms with Crippen molar-refractivity contribution >= 4 is 5.69 Å². The SMILES string of the molecule is Cc1ccc(-c2nnc([C@@H](C)Nc3ccc(C)c(C(F)(F)F)c3)o2)cc1. The van der Waals surface area contributed by atoms with Gasteiger partial charge in [-0.2, -0.15) is 13.2 Å². The number of rotatable bonds is 4. The minimum atomic E-state index is -4.39. The second-order valence-corrected chi connectivity index (χ2v) is 6.20. The van der Waals surface area contributed by atoms with E-state index in [0.29, 0.717) is 17.5 Å². The predicted octanol–water partition coefficient (Wildman–Crippen LogP) is 5.55. The lowest BCUT2D eigenvalue weighted by Gasteiger charge is -2.15. The second-order valence-electron chi connectivity index (χ2n) is 6.20. The highest BCUT2D eigenvalue weighted by Crippen LogP contribution is 2.34. The number of hydrogen-bond acceptors (Lipinski definition) is 4. The molecule has 26 heavy (non-hydrogen) atoms. The summed E-state index contributed by atoms with van der Waals surface area (Å²) >= 11 is 0. The Morgan fingerprint density at radius 3 is 2.35 bits per heavy atom. The molecule has 0 saturated heterocycles. The van der Waals surface area contributed by atoms with Crippen molar-refractivity contribution in [1.29, 1.82) is 0 Å². The quantitative estimate of drug-likeness (QED) is 0.662. The summed E-state index contributed by atoms with van der Waals surface area (Å²) in [6, 6.07) is 11.3. The van der Waals surface area contributed by atoms with Crippen LogP contribution in [-0.2, 0) is 6.18 Å². The van der Waals surface area contributed by atoms with Crippen LogP contribution < -0.4 is 5.32 Å². The van der Waals surface area contributed by atoms with E-state index in [9.17, 15) is 13.2 Å². The van der Waals surface area contributed by atoms with Gasteiger partial charge in [0.05, 0.1) is 5.56 Å². The van der Waals surface area contributed by atoms with Crippen LogP contribution in [0.5, 0.6) is 0 Å². The van der Waals surface area contributed by atoms with Crippen LogP contribution in [-0.4, -0.2) is 10.2 Å². The van der Waals surface area contributed by atoms with Crippen LogP contribution in [0.25, 0.3) is 11.5 Å². The minimum absolute atomic E-state index is 0.176. The number of hydrogen-bond donors (Lipinski definition) is 1. The fraction of sp³-hybridized carbons (Fsp3) is 0.263. The third-order valence-corrected chi connectivity index (χ3v) is 4.04. The Hall–Kier alpha value is -2.83. The van der Waals surface area contributed by atoms with Crippen molar-refractivity contribution in [1.82, 2.24) is 10.2 Å². The van der Waals surface area contributed by atoms with Gasteiger partial charge in [-0.3, -0.25) is 0 Å². The first-order chi connectivity index (χ1) is 12.2. The van der Waals surface area contributed by atoms with Crippen LogP contribution in [0.15, 0.2) is 46.9 Å². The number of nitrogens with one attached hydrogen (secondary N) is 1. The Morgan fingerprint density at radius 1 is 1.00 bits per heavy atom. The number of aromatic nitrogens is 2. The molecule has 0 spiro atoms. The standard InChI is InChI=1S/C19H18F3N3O/c1-11-4-7-14(8-5-11)18-25-24-17(26-18)13(3)23-15-9-6-12(2)16(10-15)19(20,21)22/h4-10,13,23H,1-3H3/t13-/m1/s1. The maximum Gasteiger partial charge on any atom is 0.416 e. The first kappa shape index (κ1) is 18.0. The van der Waals surface area contributed by atoms with Gasteiger partial charge in [0.25, 0.3) is 0 Å². The minimum Gasteiger partial charge on any atom is -0.418 e. The second kappa shape index (κ2) is 6.82. The zero-order chi connectivity index (χ0) is 18.9. The molecule has 0 aliphatic rings.